The molecule has 0 saturated carbocycles. The van der Waals surface area contributed by atoms with Gasteiger partial charge in [-0.2, -0.15) is 0 Å². The molecule has 2 heterocycles. The van der Waals surface area contributed by atoms with Crippen LogP contribution >= 0.6 is 11.6 Å². The molecule has 0 spiro atoms. The largest absolute Gasteiger partial charge is 0.350 e. The van der Waals surface area contributed by atoms with E-state index in [4.69, 9.17) is 11.6 Å². The number of carbonyl (C=O) groups excluding carboxylic acids is 2. The Labute approximate surface area is 152 Å². The van der Waals surface area contributed by atoms with Crippen LogP contribution in [-0.4, -0.2) is 34.8 Å². The molecule has 5 nitrogen and oxygen atoms in total. The lowest BCUT2D eigenvalue weighted by molar-refractivity contribution is -0.126. The average molecular weight is 358 g/mol. The summed E-state index contributed by atoms with van der Waals surface area (Å²) in [5.41, 5.74) is 1.42. The van der Waals surface area contributed by atoms with Crippen LogP contribution in [0.2, 0.25) is 5.02 Å². The van der Waals surface area contributed by atoms with Gasteiger partial charge in [0.15, 0.2) is 0 Å². The number of halogens is 1. The van der Waals surface area contributed by atoms with Crippen LogP contribution in [-0.2, 0) is 11.3 Å². The Morgan fingerprint density at radius 1 is 1.20 bits per heavy atom. The molecular formula is C19H20ClN3O2. The van der Waals surface area contributed by atoms with Crippen LogP contribution in [0.25, 0.3) is 0 Å². The molecule has 1 aliphatic rings. The van der Waals surface area contributed by atoms with Gasteiger partial charge in [0.25, 0.3) is 5.91 Å². The number of hydrogen-bond donors (Lipinski definition) is 1. The summed E-state index contributed by atoms with van der Waals surface area (Å²) in [4.78, 5) is 31.0. The van der Waals surface area contributed by atoms with Gasteiger partial charge in [-0.1, -0.05) is 17.7 Å². The summed E-state index contributed by atoms with van der Waals surface area (Å²) in [6, 6.07) is 12.4. The molecule has 0 unspecified atom stereocenters. The van der Waals surface area contributed by atoms with Crippen molar-refractivity contribution in [3.05, 3.63) is 64.9 Å². The van der Waals surface area contributed by atoms with Gasteiger partial charge in [0.05, 0.1) is 18.2 Å². The predicted octanol–water partition coefficient (Wildman–Crippen LogP) is 2.90. The van der Waals surface area contributed by atoms with Gasteiger partial charge < -0.3 is 10.2 Å². The Bertz CT molecular complexity index is 734. The van der Waals surface area contributed by atoms with Gasteiger partial charge in [-0.25, -0.2) is 0 Å². The molecule has 1 fully saturated rings. The maximum atomic E-state index is 12.6. The number of piperidine rings is 1. The number of nitrogens with one attached hydrogen (secondary N) is 1. The Balaban J connectivity index is 1.57. The third kappa shape index (κ3) is 4.57. The summed E-state index contributed by atoms with van der Waals surface area (Å²) in [5.74, 6) is -0.271. The highest BCUT2D eigenvalue weighted by Gasteiger charge is 2.28. The molecule has 0 radical (unpaired) electrons. The van der Waals surface area contributed by atoms with Crippen LogP contribution in [0.4, 0.5) is 0 Å². The molecule has 0 aliphatic carbocycles. The van der Waals surface area contributed by atoms with Gasteiger partial charge >= 0.3 is 0 Å². The molecular weight excluding hydrogens is 338 g/mol. The summed E-state index contributed by atoms with van der Waals surface area (Å²) in [6.07, 6.45) is 3.31. The second-order valence-corrected chi connectivity index (χ2v) is 6.57. The van der Waals surface area contributed by atoms with E-state index in [1.165, 1.54) is 0 Å². The highest BCUT2D eigenvalue weighted by molar-refractivity contribution is 6.30. The maximum Gasteiger partial charge on any atom is 0.253 e. The van der Waals surface area contributed by atoms with Crippen molar-refractivity contribution in [1.29, 1.82) is 0 Å². The molecule has 1 N–H and O–H groups in total. The molecule has 1 aliphatic heterocycles. The topological polar surface area (TPSA) is 62.3 Å². The van der Waals surface area contributed by atoms with Crippen molar-refractivity contribution in [2.45, 2.75) is 19.4 Å². The first-order valence-electron chi connectivity index (χ1n) is 8.36. The van der Waals surface area contributed by atoms with Crippen molar-refractivity contribution >= 4 is 23.4 Å². The van der Waals surface area contributed by atoms with Crippen molar-refractivity contribution in [2.24, 2.45) is 5.92 Å². The first-order valence-corrected chi connectivity index (χ1v) is 8.74. The van der Waals surface area contributed by atoms with E-state index in [2.05, 4.69) is 10.3 Å². The second kappa shape index (κ2) is 8.12. The van der Waals surface area contributed by atoms with Crippen LogP contribution in [0.15, 0.2) is 48.7 Å². The van der Waals surface area contributed by atoms with Crippen molar-refractivity contribution in [3.63, 3.8) is 0 Å². The minimum Gasteiger partial charge on any atom is -0.350 e. The Kier molecular flexibility index (Phi) is 5.66. The monoisotopic (exact) mass is 357 g/mol. The van der Waals surface area contributed by atoms with Crippen LogP contribution in [0.3, 0.4) is 0 Å². The highest BCUT2D eigenvalue weighted by Crippen LogP contribution is 2.20. The lowest BCUT2D eigenvalue weighted by Crippen LogP contribution is -2.45. The third-order valence-corrected chi connectivity index (χ3v) is 4.59. The molecule has 1 atom stereocenters. The number of carbonyl (C=O) groups is 2. The molecule has 2 amide bonds. The van der Waals surface area contributed by atoms with E-state index in [1.807, 2.05) is 18.2 Å². The van der Waals surface area contributed by atoms with Crippen molar-refractivity contribution < 1.29 is 9.59 Å². The van der Waals surface area contributed by atoms with Gasteiger partial charge in [0.2, 0.25) is 5.91 Å². The van der Waals surface area contributed by atoms with Gasteiger partial charge in [-0.05, 0) is 49.2 Å². The highest BCUT2D eigenvalue weighted by atomic mass is 35.5. The SMILES string of the molecule is O=C(NCc1ccccn1)[C@H]1CCCN(C(=O)c2ccc(Cl)cc2)C1. The van der Waals surface area contributed by atoms with E-state index in [0.29, 0.717) is 30.2 Å². The molecule has 130 valence electrons. The molecule has 1 aromatic heterocycles. The van der Waals surface area contributed by atoms with Crippen LogP contribution in [0, 0.1) is 5.92 Å². The van der Waals surface area contributed by atoms with E-state index >= 15 is 0 Å². The van der Waals surface area contributed by atoms with E-state index in [-0.39, 0.29) is 17.7 Å². The summed E-state index contributed by atoms with van der Waals surface area (Å²) < 4.78 is 0. The maximum absolute atomic E-state index is 12.6. The Morgan fingerprint density at radius 3 is 2.72 bits per heavy atom. The van der Waals surface area contributed by atoms with Crippen LogP contribution in [0.1, 0.15) is 28.9 Å². The fraction of sp³-hybridized carbons (Fsp3) is 0.316. The fourth-order valence-corrected chi connectivity index (χ4v) is 3.10. The molecule has 6 heteroatoms. The van der Waals surface area contributed by atoms with Crippen LogP contribution < -0.4 is 5.32 Å². The summed E-state index contributed by atoms with van der Waals surface area (Å²) in [5, 5.41) is 3.52. The number of aromatic nitrogens is 1. The third-order valence-electron chi connectivity index (χ3n) is 4.34. The number of amides is 2. The Hall–Kier alpha value is -2.40. The van der Waals surface area contributed by atoms with Crippen molar-refractivity contribution in [3.8, 4) is 0 Å². The lowest BCUT2D eigenvalue weighted by Gasteiger charge is -2.32. The molecule has 25 heavy (non-hydrogen) atoms. The molecule has 1 aromatic carbocycles. The quantitative estimate of drug-likeness (QED) is 0.915. The number of rotatable bonds is 4. The first kappa shape index (κ1) is 17.4. The average Bonchev–Trinajstić information content (AvgIpc) is 2.67. The number of nitrogens with zero attached hydrogens (tertiary/aromatic N) is 2. The van der Waals surface area contributed by atoms with E-state index < -0.39 is 0 Å². The zero-order valence-electron chi connectivity index (χ0n) is 13.8. The number of hydrogen-bond acceptors (Lipinski definition) is 3. The lowest BCUT2D eigenvalue weighted by atomic mass is 9.96. The summed E-state index contributed by atoms with van der Waals surface area (Å²) in [7, 11) is 0. The van der Waals surface area contributed by atoms with Gasteiger partial charge in [-0.15, -0.1) is 0 Å². The predicted molar refractivity (Wildman–Crippen MR) is 96.2 cm³/mol. The van der Waals surface area contributed by atoms with Crippen molar-refractivity contribution in [2.75, 3.05) is 13.1 Å². The van der Waals surface area contributed by atoms with Crippen LogP contribution in [0.5, 0.6) is 0 Å². The zero-order valence-corrected chi connectivity index (χ0v) is 14.6. The van der Waals surface area contributed by atoms with Gasteiger partial charge in [0, 0.05) is 29.9 Å². The second-order valence-electron chi connectivity index (χ2n) is 6.14. The minimum atomic E-state index is -0.186. The molecule has 3 rings (SSSR count). The first-order chi connectivity index (χ1) is 12.1. The zero-order chi connectivity index (χ0) is 17.6. The minimum absolute atomic E-state index is 0.0285. The number of likely N-dealkylation sites (tertiary alicyclic amines) is 1. The molecule has 1 saturated heterocycles. The van der Waals surface area contributed by atoms with Crippen molar-refractivity contribution in [1.82, 2.24) is 15.2 Å². The number of benzene rings is 1. The number of pyridine rings is 1. The summed E-state index contributed by atoms with van der Waals surface area (Å²) in [6.45, 7) is 1.52. The van der Waals surface area contributed by atoms with Gasteiger partial charge in [-0.3, -0.25) is 14.6 Å². The summed E-state index contributed by atoms with van der Waals surface area (Å²) >= 11 is 5.87. The fourth-order valence-electron chi connectivity index (χ4n) is 2.98. The molecule has 0 bridgehead atoms. The van der Waals surface area contributed by atoms with E-state index in [1.54, 1.807) is 35.4 Å². The van der Waals surface area contributed by atoms with E-state index in [0.717, 1.165) is 18.5 Å². The normalized spacial score (nSPS) is 17.2. The van der Waals surface area contributed by atoms with E-state index in [9.17, 15) is 9.59 Å². The van der Waals surface area contributed by atoms with Gasteiger partial charge in [0.1, 0.15) is 0 Å². The standard InChI is InChI=1S/C19H20ClN3O2/c20-16-8-6-14(7-9-16)19(25)23-11-3-4-15(13-23)18(24)22-12-17-5-1-2-10-21-17/h1-2,5-10,15H,3-4,11-13H2,(H,22,24)/t15-/m0/s1. The molecule has 2 aromatic rings. The Morgan fingerprint density at radius 2 is 2.00 bits per heavy atom. The smallest absolute Gasteiger partial charge is 0.253 e.